The molecule has 0 amide bonds. The summed E-state index contributed by atoms with van der Waals surface area (Å²) < 4.78 is 18.5. The van der Waals surface area contributed by atoms with Crippen LogP contribution >= 0.6 is 0 Å². The summed E-state index contributed by atoms with van der Waals surface area (Å²) in [5.41, 5.74) is 0. The van der Waals surface area contributed by atoms with Gasteiger partial charge in [-0.3, -0.25) is 4.79 Å². The Morgan fingerprint density at radius 1 is 0.839 bits per heavy atom. The average molecular weight is 429 g/mol. The van der Waals surface area contributed by atoms with Crippen LogP contribution in [0.3, 0.4) is 0 Å². The maximum absolute atomic E-state index is 13.0. The number of hydrogen-bond donors (Lipinski definition) is 0. The van der Waals surface area contributed by atoms with E-state index in [9.17, 15) is 9.18 Å². The van der Waals surface area contributed by atoms with Crippen molar-refractivity contribution >= 4 is 5.97 Å². The monoisotopic (exact) mass is 428 g/mol. The van der Waals surface area contributed by atoms with Gasteiger partial charge in [-0.2, -0.15) is 0 Å². The Bertz CT molecular complexity index is 691. The molecule has 1 aromatic rings. The summed E-state index contributed by atoms with van der Waals surface area (Å²) in [6.07, 6.45) is 18.7. The molecule has 0 heterocycles. The van der Waals surface area contributed by atoms with Crippen molar-refractivity contribution in [2.45, 2.75) is 96.8 Å². The lowest BCUT2D eigenvalue weighted by atomic mass is 9.60. The van der Waals surface area contributed by atoms with Crippen molar-refractivity contribution in [2.24, 2.45) is 35.5 Å². The van der Waals surface area contributed by atoms with E-state index < -0.39 is 0 Å². The van der Waals surface area contributed by atoms with Crippen LogP contribution in [-0.4, -0.2) is 5.97 Å². The first-order chi connectivity index (χ1) is 15.1. The van der Waals surface area contributed by atoms with E-state index in [1.165, 1.54) is 101 Å². The molecule has 1 aromatic carbocycles. The number of unbranched alkanes of at least 4 members (excludes halogenated alkanes) is 2. The first kappa shape index (κ1) is 22.8. The van der Waals surface area contributed by atoms with Gasteiger partial charge in [0.15, 0.2) is 0 Å². The largest absolute Gasteiger partial charge is 0.426 e. The van der Waals surface area contributed by atoms with E-state index in [1.54, 1.807) is 0 Å². The maximum atomic E-state index is 13.0. The highest BCUT2D eigenvalue weighted by Crippen LogP contribution is 2.49. The SMILES string of the molecule is CCCCCC1CCC2CC(C3CCC(C(=O)Oc4ccc(F)cc4)CC3)CCC2C1. The molecule has 2 nitrogen and oxygen atoms in total. The highest BCUT2D eigenvalue weighted by molar-refractivity contribution is 5.75. The molecule has 3 heteroatoms. The zero-order valence-electron chi connectivity index (χ0n) is 19.4. The molecule has 4 unspecified atom stereocenters. The van der Waals surface area contributed by atoms with E-state index in [0.29, 0.717) is 5.75 Å². The minimum absolute atomic E-state index is 0.0104. The molecule has 0 radical (unpaired) electrons. The average Bonchev–Trinajstić information content (AvgIpc) is 2.80. The third kappa shape index (κ3) is 6.11. The number of carbonyl (C=O) groups is 1. The Hall–Kier alpha value is -1.38. The Balaban J connectivity index is 1.19. The Kier molecular flexibility index (Phi) is 8.07. The van der Waals surface area contributed by atoms with Gasteiger partial charge in [0.05, 0.1) is 5.92 Å². The van der Waals surface area contributed by atoms with Crippen LogP contribution in [0.5, 0.6) is 5.75 Å². The molecule has 3 aliphatic carbocycles. The fourth-order valence-corrected chi connectivity index (χ4v) is 6.92. The summed E-state index contributed by atoms with van der Waals surface area (Å²) in [5.74, 6) is 4.70. The third-order valence-electron chi connectivity index (χ3n) is 8.78. The van der Waals surface area contributed by atoms with Gasteiger partial charge >= 0.3 is 5.97 Å². The van der Waals surface area contributed by atoms with Gasteiger partial charge in [0.25, 0.3) is 0 Å². The number of carbonyl (C=O) groups excluding carboxylic acids is 1. The van der Waals surface area contributed by atoms with Crippen molar-refractivity contribution in [1.82, 2.24) is 0 Å². The van der Waals surface area contributed by atoms with E-state index >= 15 is 0 Å². The minimum Gasteiger partial charge on any atom is -0.426 e. The molecule has 0 bridgehead atoms. The Morgan fingerprint density at radius 2 is 1.45 bits per heavy atom. The van der Waals surface area contributed by atoms with Gasteiger partial charge in [-0.05, 0) is 112 Å². The van der Waals surface area contributed by atoms with Crippen molar-refractivity contribution in [3.63, 3.8) is 0 Å². The van der Waals surface area contributed by atoms with Crippen LogP contribution in [0.1, 0.15) is 96.8 Å². The van der Waals surface area contributed by atoms with Gasteiger partial charge in [-0.1, -0.05) is 39.0 Å². The smallest absolute Gasteiger partial charge is 0.314 e. The van der Waals surface area contributed by atoms with E-state index in [0.717, 1.165) is 42.4 Å². The first-order valence-corrected chi connectivity index (χ1v) is 13.1. The zero-order chi connectivity index (χ0) is 21.6. The quantitative estimate of drug-likeness (QED) is 0.250. The van der Waals surface area contributed by atoms with Gasteiger partial charge in [0.2, 0.25) is 0 Å². The lowest BCUT2D eigenvalue weighted by molar-refractivity contribution is -0.140. The van der Waals surface area contributed by atoms with Crippen molar-refractivity contribution in [1.29, 1.82) is 0 Å². The molecule has 3 saturated carbocycles. The molecule has 0 aromatic heterocycles. The van der Waals surface area contributed by atoms with Crippen LogP contribution in [-0.2, 0) is 4.79 Å². The molecule has 4 atom stereocenters. The number of fused-ring (bicyclic) bond motifs is 1. The summed E-state index contributed by atoms with van der Waals surface area (Å²) in [6, 6.07) is 5.76. The second kappa shape index (κ2) is 11.0. The summed E-state index contributed by atoms with van der Waals surface area (Å²) in [6.45, 7) is 2.31. The van der Waals surface area contributed by atoms with Crippen LogP contribution in [0.15, 0.2) is 24.3 Å². The van der Waals surface area contributed by atoms with Crippen molar-refractivity contribution < 1.29 is 13.9 Å². The lowest BCUT2D eigenvalue weighted by Gasteiger charge is -2.45. The fourth-order valence-electron chi connectivity index (χ4n) is 6.92. The van der Waals surface area contributed by atoms with Gasteiger partial charge in [-0.15, -0.1) is 0 Å². The van der Waals surface area contributed by atoms with Crippen LogP contribution in [0.25, 0.3) is 0 Å². The van der Waals surface area contributed by atoms with Gasteiger partial charge in [0.1, 0.15) is 11.6 Å². The predicted molar refractivity (Wildman–Crippen MR) is 123 cm³/mol. The third-order valence-corrected chi connectivity index (χ3v) is 8.78. The molecular weight excluding hydrogens is 387 g/mol. The number of ether oxygens (including phenoxy) is 1. The number of benzene rings is 1. The summed E-state index contributed by atoms with van der Waals surface area (Å²) in [4.78, 5) is 12.5. The lowest BCUT2D eigenvalue weighted by Crippen LogP contribution is -2.35. The van der Waals surface area contributed by atoms with Gasteiger partial charge in [0, 0.05) is 0 Å². The molecule has 31 heavy (non-hydrogen) atoms. The summed E-state index contributed by atoms with van der Waals surface area (Å²) >= 11 is 0. The number of rotatable bonds is 7. The predicted octanol–water partition coefficient (Wildman–Crippen LogP) is 7.95. The zero-order valence-corrected chi connectivity index (χ0v) is 19.4. The first-order valence-electron chi connectivity index (χ1n) is 13.1. The Morgan fingerprint density at radius 3 is 2.16 bits per heavy atom. The van der Waals surface area contributed by atoms with Crippen LogP contribution in [0.2, 0.25) is 0 Å². The van der Waals surface area contributed by atoms with Crippen molar-refractivity contribution in [3.8, 4) is 5.75 Å². The van der Waals surface area contributed by atoms with E-state index in [1.807, 2.05) is 0 Å². The molecule has 0 N–H and O–H groups in total. The number of hydrogen-bond acceptors (Lipinski definition) is 2. The van der Waals surface area contributed by atoms with E-state index in [-0.39, 0.29) is 17.7 Å². The number of esters is 1. The summed E-state index contributed by atoms with van der Waals surface area (Å²) in [7, 11) is 0. The molecule has 3 aliphatic rings. The molecule has 0 spiro atoms. The second-order valence-electron chi connectivity index (χ2n) is 10.8. The van der Waals surface area contributed by atoms with E-state index in [4.69, 9.17) is 4.74 Å². The molecule has 0 aliphatic heterocycles. The van der Waals surface area contributed by atoms with E-state index in [2.05, 4.69) is 6.92 Å². The van der Waals surface area contributed by atoms with Crippen molar-refractivity contribution in [2.75, 3.05) is 0 Å². The molecule has 172 valence electrons. The van der Waals surface area contributed by atoms with Gasteiger partial charge in [-0.25, -0.2) is 4.39 Å². The van der Waals surface area contributed by atoms with Gasteiger partial charge < -0.3 is 4.74 Å². The van der Waals surface area contributed by atoms with Crippen LogP contribution in [0, 0.1) is 41.3 Å². The molecule has 3 fully saturated rings. The highest BCUT2D eigenvalue weighted by atomic mass is 19.1. The minimum atomic E-state index is -0.306. The van der Waals surface area contributed by atoms with Crippen molar-refractivity contribution in [3.05, 3.63) is 30.1 Å². The maximum Gasteiger partial charge on any atom is 0.314 e. The van der Waals surface area contributed by atoms with Crippen LogP contribution < -0.4 is 4.74 Å². The molecular formula is C28H41FO2. The highest BCUT2D eigenvalue weighted by Gasteiger charge is 2.39. The normalized spacial score (nSPS) is 33.5. The standard InChI is InChI=1S/C28H41FO2/c1-2-3-4-5-20-6-7-25-19-24(13-12-23(25)18-20)21-8-10-22(11-9-21)28(30)31-27-16-14-26(29)15-17-27/h14-17,20-25H,2-13,18-19H2,1H3. The fraction of sp³-hybridized carbons (Fsp3) is 0.750. The van der Waals surface area contributed by atoms with Crippen LogP contribution in [0.4, 0.5) is 4.39 Å². The number of halogens is 1. The Labute approximate surface area is 188 Å². The molecule has 0 saturated heterocycles. The second-order valence-corrected chi connectivity index (χ2v) is 10.8. The summed E-state index contributed by atoms with van der Waals surface area (Å²) in [5, 5.41) is 0. The topological polar surface area (TPSA) is 26.3 Å². The molecule has 4 rings (SSSR count).